The molecule has 0 bridgehead atoms. The molecule has 0 fully saturated rings. The fourth-order valence-electron chi connectivity index (χ4n) is 1.85. The molecule has 2 heteroatoms. The van der Waals surface area contributed by atoms with Crippen molar-refractivity contribution in [1.82, 2.24) is 0 Å². The summed E-state index contributed by atoms with van der Waals surface area (Å²) in [5, 5.41) is 8.83. The molecule has 18 heavy (non-hydrogen) atoms. The van der Waals surface area contributed by atoms with Crippen molar-refractivity contribution in [2.75, 3.05) is 6.61 Å². The fraction of sp³-hybridized carbons (Fsp3) is 0.562. The molecule has 0 spiro atoms. The summed E-state index contributed by atoms with van der Waals surface area (Å²) in [6.07, 6.45) is 1.02. The second kappa shape index (κ2) is 5.54. The lowest BCUT2D eigenvalue weighted by Crippen LogP contribution is -2.45. The van der Waals surface area contributed by atoms with E-state index in [1.54, 1.807) is 0 Å². The Morgan fingerprint density at radius 3 is 2.11 bits per heavy atom. The van der Waals surface area contributed by atoms with Gasteiger partial charge >= 0.3 is 0 Å². The van der Waals surface area contributed by atoms with E-state index in [1.807, 2.05) is 24.3 Å². The van der Waals surface area contributed by atoms with Gasteiger partial charge in [0.2, 0.25) is 0 Å². The molecule has 0 aromatic heterocycles. The molecule has 0 aliphatic carbocycles. The van der Waals surface area contributed by atoms with Crippen LogP contribution >= 0.6 is 0 Å². The summed E-state index contributed by atoms with van der Waals surface area (Å²) in [4.78, 5) is 0. The predicted molar refractivity (Wildman–Crippen MR) is 74.5 cm³/mol. The van der Waals surface area contributed by atoms with Gasteiger partial charge in [0.25, 0.3) is 0 Å². The first-order chi connectivity index (χ1) is 8.35. The first-order valence-electron chi connectivity index (χ1n) is 6.49. The first kappa shape index (κ1) is 14.7. The van der Waals surface area contributed by atoms with Crippen molar-refractivity contribution < 1.29 is 4.74 Å². The van der Waals surface area contributed by atoms with Crippen LogP contribution in [0.4, 0.5) is 0 Å². The van der Waals surface area contributed by atoms with Crippen LogP contribution in [0.3, 0.4) is 0 Å². The van der Waals surface area contributed by atoms with E-state index in [9.17, 15) is 0 Å². The Hall–Kier alpha value is -1.33. The Morgan fingerprint density at radius 2 is 1.67 bits per heavy atom. The summed E-state index contributed by atoms with van der Waals surface area (Å²) in [6, 6.07) is 9.93. The van der Waals surface area contributed by atoms with Gasteiger partial charge in [-0.25, -0.2) is 0 Å². The molecule has 1 rings (SSSR count). The Labute approximate surface area is 111 Å². The molecule has 0 heterocycles. The zero-order chi connectivity index (χ0) is 13.8. The van der Waals surface area contributed by atoms with Crippen LogP contribution in [0.15, 0.2) is 24.3 Å². The van der Waals surface area contributed by atoms with Crippen LogP contribution < -0.4 is 0 Å². The molecule has 1 aromatic rings. The number of benzene rings is 1. The number of hydrogen-bond donors (Lipinski definition) is 0. The van der Waals surface area contributed by atoms with E-state index < -0.39 is 0 Å². The molecule has 1 aromatic carbocycles. The summed E-state index contributed by atoms with van der Waals surface area (Å²) < 4.78 is 5.99. The summed E-state index contributed by atoms with van der Waals surface area (Å²) in [5.74, 6) is 0. The lowest BCUT2D eigenvalue weighted by Gasteiger charge is -2.42. The highest BCUT2D eigenvalue weighted by atomic mass is 16.5. The summed E-state index contributed by atoms with van der Waals surface area (Å²) in [7, 11) is 0. The average Bonchev–Trinajstić information content (AvgIpc) is 2.36. The van der Waals surface area contributed by atoms with Gasteiger partial charge in [0, 0.05) is 12.0 Å². The van der Waals surface area contributed by atoms with E-state index in [0.29, 0.717) is 5.56 Å². The zero-order valence-electron chi connectivity index (χ0n) is 12.1. The van der Waals surface area contributed by atoms with Crippen LogP contribution in [0.5, 0.6) is 0 Å². The van der Waals surface area contributed by atoms with Crippen molar-refractivity contribution in [2.45, 2.75) is 52.1 Å². The minimum Gasteiger partial charge on any atom is -0.375 e. The second-order valence-corrected chi connectivity index (χ2v) is 5.67. The molecule has 0 amide bonds. The largest absolute Gasteiger partial charge is 0.375 e. The van der Waals surface area contributed by atoms with Crippen molar-refractivity contribution in [3.05, 3.63) is 35.4 Å². The summed E-state index contributed by atoms with van der Waals surface area (Å²) >= 11 is 0. The molecule has 98 valence electrons. The van der Waals surface area contributed by atoms with Crippen LogP contribution in [-0.4, -0.2) is 12.2 Å². The molecule has 0 radical (unpaired) electrons. The standard InChI is InChI=1S/C16H23NO/c1-6-11-18-16(4,5)15(2,3)14-9-7-13(12-17)8-10-14/h7-10H,6,11H2,1-5H3. The maximum Gasteiger partial charge on any atom is 0.0991 e. The summed E-state index contributed by atoms with van der Waals surface area (Å²) in [5.41, 5.74) is 1.55. The summed E-state index contributed by atoms with van der Waals surface area (Å²) in [6.45, 7) is 11.5. The highest BCUT2D eigenvalue weighted by molar-refractivity contribution is 5.35. The minimum absolute atomic E-state index is 0.101. The molecule has 0 unspecified atom stereocenters. The molecular weight excluding hydrogens is 222 g/mol. The van der Waals surface area contributed by atoms with Crippen LogP contribution in [0, 0.1) is 11.3 Å². The lowest BCUT2D eigenvalue weighted by atomic mass is 9.71. The zero-order valence-corrected chi connectivity index (χ0v) is 12.1. The minimum atomic E-state index is -0.239. The molecule has 0 atom stereocenters. The Bertz CT molecular complexity index is 423. The Balaban J connectivity index is 3.00. The maximum atomic E-state index is 8.83. The second-order valence-electron chi connectivity index (χ2n) is 5.67. The molecule has 0 aliphatic heterocycles. The van der Waals surface area contributed by atoms with Gasteiger partial charge in [-0.3, -0.25) is 0 Å². The molecule has 0 saturated carbocycles. The van der Waals surface area contributed by atoms with Gasteiger partial charge in [0.05, 0.1) is 17.2 Å². The Morgan fingerprint density at radius 1 is 1.11 bits per heavy atom. The van der Waals surface area contributed by atoms with Crippen molar-refractivity contribution in [3.63, 3.8) is 0 Å². The molecule has 2 nitrogen and oxygen atoms in total. The SMILES string of the molecule is CCCOC(C)(C)C(C)(C)c1ccc(C#N)cc1. The van der Waals surface area contributed by atoms with Crippen molar-refractivity contribution in [3.8, 4) is 6.07 Å². The third-order valence-electron chi connectivity index (χ3n) is 3.91. The van der Waals surface area contributed by atoms with Crippen LogP contribution in [-0.2, 0) is 10.2 Å². The van der Waals surface area contributed by atoms with Crippen LogP contribution in [0.25, 0.3) is 0 Å². The van der Waals surface area contributed by atoms with Crippen LogP contribution in [0.2, 0.25) is 0 Å². The predicted octanol–water partition coefficient (Wildman–Crippen LogP) is 4.04. The van der Waals surface area contributed by atoms with Crippen molar-refractivity contribution in [2.24, 2.45) is 0 Å². The van der Waals surface area contributed by atoms with E-state index in [0.717, 1.165) is 13.0 Å². The van der Waals surface area contributed by atoms with Crippen molar-refractivity contribution >= 4 is 0 Å². The first-order valence-corrected chi connectivity index (χ1v) is 6.49. The highest BCUT2D eigenvalue weighted by Gasteiger charge is 2.39. The van der Waals surface area contributed by atoms with Gasteiger partial charge in [-0.2, -0.15) is 5.26 Å². The van der Waals surface area contributed by atoms with E-state index in [1.165, 1.54) is 5.56 Å². The van der Waals surface area contributed by atoms with E-state index >= 15 is 0 Å². The average molecular weight is 245 g/mol. The molecule has 0 aliphatic rings. The fourth-order valence-corrected chi connectivity index (χ4v) is 1.85. The van der Waals surface area contributed by atoms with E-state index in [4.69, 9.17) is 10.00 Å². The molecular formula is C16H23NO. The molecule has 0 saturated heterocycles. The number of nitriles is 1. The quantitative estimate of drug-likeness (QED) is 0.784. The van der Waals surface area contributed by atoms with Gasteiger partial charge in [0.1, 0.15) is 0 Å². The number of nitrogens with zero attached hydrogens (tertiary/aromatic N) is 1. The maximum absolute atomic E-state index is 8.83. The van der Waals surface area contributed by atoms with E-state index in [-0.39, 0.29) is 11.0 Å². The number of hydrogen-bond acceptors (Lipinski definition) is 2. The van der Waals surface area contributed by atoms with Gasteiger partial charge in [0.15, 0.2) is 0 Å². The Kier molecular flexibility index (Phi) is 4.53. The third kappa shape index (κ3) is 2.91. The van der Waals surface area contributed by atoms with Gasteiger partial charge in [-0.15, -0.1) is 0 Å². The van der Waals surface area contributed by atoms with Gasteiger partial charge in [-0.05, 0) is 38.0 Å². The lowest BCUT2D eigenvalue weighted by molar-refractivity contribution is -0.0655. The topological polar surface area (TPSA) is 33.0 Å². The smallest absolute Gasteiger partial charge is 0.0991 e. The third-order valence-corrected chi connectivity index (χ3v) is 3.91. The monoisotopic (exact) mass is 245 g/mol. The van der Waals surface area contributed by atoms with Gasteiger partial charge < -0.3 is 4.74 Å². The normalized spacial score (nSPS) is 12.2. The molecule has 0 N–H and O–H groups in total. The van der Waals surface area contributed by atoms with Crippen LogP contribution in [0.1, 0.15) is 52.2 Å². The van der Waals surface area contributed by atoms with Gasteiger partial charge in [-0.1, -0.05) is 32.9 Å². The number of ether oxygens (including phenoxy) is 1. The van der Waals surface area contributed by atoms with Crippen molar-refractivity contribution in [1.29, 1.82) is 5.26 Å². The number of rotatable bonds is 5. The van der Waals surface area contributed by atoms with E-state index in [2.05, 4.69) is 40.7 Å². The highest BCUT2D eigenvalue weighted by Crippen LogP contribution is 2.37.